The van der Waals surface area contributed by atoms with Gasteiger partial charge in [0.2, 0.25) is 0 Å². The highest BCUT2D eigenvalue weighted by Crippen LogP contribution is 2.28. The number of hydrogen-bond donors (Lipinski definition) is 0. The summed E-state index contributed by atoms with van der Waals surface area (Å²) < 4.78 is 0. The molecule has 1 aliphatic carbocycles. The zero-order chi connectivity index (χ0) is 10.4. The Morgan fingerprint density at radius 1 is 0.786 bits per heavy atom. The Bertz CT molecular complexity index is 139. The normalized spacial score (nSPS) is 36.6. The Morgan fingerprint density at radius 2 is 1.36 bits per heavy atom. The van der Waals surface area contributed by atoms with Gasteiger partial charge in [-0.1, -0.05) is 72.1 Å². The van der Waals surface area contributed by atoms with Gasteiger partial charge in [0.1, 0.15) is 0 Å². The third-order valence-corrected chi connectivity index (χ3v) is 4.11. The average molecular weight is 196 g/mol. The van der Waals surface area contributed by atoms with Gasteiger partial charge in [-0.15, -0.1) is 0 Å². The maximum Gasteiger partial charge on any atom is -0.0417 e. The van der Waals surface area contributed by atoms with Crippen LogP contribution in [-0.2, 0) is 0 Å². The molecule has 3 unspecified atom stereocenters. The molecular weight excluding hydrogens is 168 g/mol. The molecule has 14 heavy (non-hydrogen) atoms. The van der Waals surface area contributed by atoms with Crippen molar-refractivity contribution in [2.24, 2.45) is 17.8 Å². The van der Waals surface area contributed by atoms with Crippen molar-refractivity contribution in [2.45, 2.75) is 72.1 Å². The van der Waals surface area contributed by atoms with Crippen LogP contribution in [0.25, 0.3) is 0 Å². The van der Waals surface area contributed by atoms with E-state index in [9.17, 15) is 0 Å². The zero-order valence-electron chi connectivity index (χ0n) is 10.4. The maximum absolute atomic E-state index is 2.45. The van der Waals surface area contributed by atoms with E-state index in [1.165, 1.54) is 51.4 Å². The molecule has 0 nitrogen and oxygen atoms in total. The second-order valence-corrected chi connectivity index (χ2v) is 5.57. The monoisotopic (exact) mass is 196 g/mol. The summed E-state index contributed by atoms with van der Waals surface area (Å²) in [5.41, 5.74) is 0. The van der Waals surface area contributed by atoms with Gasteiger partial charge in [-0.25, -0.2) is 0 Å². The summed E-state index contributed by atoms with van der Waals surface area (Å²) in [6, 6.07) is 0. The molecule has 0 aliphatic heterocycles. The summed E-state index contributed by atoms with van der Waals surface area (Å²) >= 11 is 0. The van der Waals surface area contributed by atoms with E-state index in [1.807, 2.05) is 0 Å². The predicted molar refractivity (Wildman–Crippen MR) is 64.4 cm³/mol. The van der Waals surface area contributed by atoms with E-state index in [1.54, 1.807) is 0 Å². The van der Waals surface area contributed by atoms with Crippen molar-refractivity contribution in [1.29, 1.82) is 0 Å². The molecule has 1 saturated carbocycles. The lowest BCUT2D eigenvalue weighted by atomic mass is 9.84. The van der Waals surface area contributed by atoms with Crippen LogP contribution in [0.4, 0.5) is 0 Å². The highest BCUT2D eigenvalue weighted by molar-refractivity contribution is 4.66. The molecule has 3 atom stereocenters. The van der Waals surface area contributed by atoms with Gasteiger partial charge in [-0.2, -0.15) is 0 Å². The molecule has 0 saturated heterocycles. The van der Waals surface area contributed by atoms with E-state index in [0.717, 1.165) is 17.8 Å². The Balaban J connectivity index is 2.36. The van der Waals surface area contributed by atoms with Crippen LogP contribution in [0, 0.1) is 17.8 Å². The molecule has 0 aromatic carbocycles. The lowest BCUT2D eigenvalue weighted by Crippen LogP contribution is -2.08. The van der Waals surface area contributed by atoms with Gasteiger partial charge in [0, 0.05) is 0 Å². The molecule has 0 amide bonds. The molecule has 1 rings (SSSR count). The first-order chi connectivity index (χ1) is 6.72. The largest absolute Gasteiger partial charge is 0.0651 e. The zero-order valence-corrected chi connectivity index (χ0v) is 10.4. The van der Waals surface area contributed by atoms with Gasteiger partial charge in [0.05, 0.1) is 0 Å². The molecule has 1 fully saturated rings. The van der Waals surface area contributed by atoms with Crippen molar-refractivity contribution in [2.75, 3.05) is 0 Å². The van der Waals surface area contributed by atoms with E-state index in [-0.39, 0.29) is 0 Å². The predicted octanol–water partition coefficient (Wildman–Crippen LogP) is 5.03. The summed E-state index contributed by atoms with van der Waals surface area (Å²) in [6.45, 7) is 7.25. The Labute approximate surface area is 90.5 Å². The molecule has 0 bridgehead atoms. The molecule has 1 aliphatic rings. The molecule has 0 heterocycles. The van der Waals surface area contributed by atoms with Crippen LogP contribution in [0.5, 0.6) is 0 Å². The average Bonchev–Trinajstić information content (AvgIpc) is 2.19. The van der Waals surface area contributed by atoms with Crippen LogP contribution in [0.2, 0.25) is 0 Å². The SMILES string of the molecule is CCC1CCCC(C)CCC(C)CC1. The van der Waals surface area contributed by atoms with Crippen molar-refractivity contribution in [3.63, 3.8) is 0 Å². The van der Waals surface area contributed by atoms with Crippen molar-refractivity contribution in [1.82, 2.24) is 0 Å². The molecule has 84 valence electrons. The standard InChI is InChI=1S/C14H28/c1-4-14-7-5-6-12(2)8-9-13(3)10-11-14/h12-14H,4-11H2,1-3H3. The second kappa shape index (κ2) is 6.48. The van der Waals surface area contributed by atoms with Crippen LogP contribution in [0.1, 0.15) is 72.1 Å². The minimum absolute atomic E-state index is 0.976. The lowest BCUT2D eigenvalue weighted by Gasteiger charge is -2.22. The smallest absolute Gasteiger partial charge is 0.0417 e. The fourth-order valence-electron chi connectivity index (χ4n) is 2.69. The summed E-state index contributed by atoms with van der Waals surface area (Å²) in [5, 5.41) is 0. The maximum atomic E-state index is 2.45. The van der Waals surface area contributed by atoms with E-state index in [4.69, 9.17) is 0 Å². The number of hydrogen-bond acceptors (Lipinski definition) is 0. The van der Waals surface area contributed by atoms with Crippen LogP contribution in [-0.4, -0.2) is 0 Å². The van der Waals surface area contributed by atoms with Crippen LogP contribution in [0.3, 0.4) is 0 Å². The molecule has 0 heteroatoms. The van der Waals surface area contributed by atoms with Crippen LogP contribution >= 0.6 is 0 Å². The summed E-state index contributed by atoms with van der Waals surface area (Å²) in [7, 11) is 0. The van der Waals surface area contributed by atoms with Gasteiger partial charge in [0.15, 0.2) is 0 Å². The molecule has 0 radical (unpaired) electrons. The first kappa shape index (κ1) is 12.1. The van der Waals surface area contributed by atoms with Gasteiger partial charge < -0.3 is 0 Å². The lowest BCUT2D eigenvalue weighted by molar-refractivity contribution is 0.306. The fraction of sp³-hybridized carbons (Fsp3) is 1.00. The quantitative estimate of drug-likeness (QED) is 0.552. The van der Waals surface area contributed by atoms with Crippen molar-refractivity contribution in [3.8, 4) is 0 Å². The van der Waals surface area contributed by atoms with Crippen molar-refractivity contribution < 1.29 is 0 Å². The second-order valence-electron chi connectivity index (χ2n) is 5.57. The Morgan fingerprint density at radius 3 is 2.00 bits per heavy atom. The van der Waals surface area contributed by atoms with E-state index >= 15 is 0 Å². The van der Waals surface area contributed by atoms with Gasteiger partial charge in [0.25, 0.3) is 0 Å². The van der Waals surface area contributed by atoms with Gasteiger partial charge in [-0.3, -0.25) is 0 Å². The van der Waals surface area contributed by atoms with E-state index in [2.05, 4.69) is 20.8 Å². The van der Waals surface area contributed by atoms with Gasteiger partial charge in [-0.05, 0) is 17.8 Å². The molecule has 0 N–H and O–H groups in total. The molecule has 0 spiro atoms. The van der Waals surface area contributed by atoms with Crippen LogP contribution in [0.15, 0.2) is 0 Å². The third-order valence-electron chi connectivity index (χ3n) is 4.11. The molecule has 0 aromatic rings. The van der Waals surface area contributed by atoms with Crippen molar-refractivity contribution >= 4 is 0 Å². The van der Waals surface area contributed by atoms with Crippen LogP contribution < -0.4 is 0 Å². The van der Waals surface area contributed by atoms with E-state index in [0.29, 0.717) is 0 Å². The topological polar surface area (TPSA) is 0 Å². The first-order valence-corrected chi connectivity index (χ1v) is 6.72. The summed E-state index contributed by atoms with van der Waals surface area (Å²) in [4.78, 5) is 0. The Kier molecular flexibility index (Phi) is 5.59. The van der Waals surface area contributed by atoms with Gasteiger partial charge >= 0.3 is 0 Å². The number of rotatable bonds is 1. The molecule has 0 aromatic heterocycles. The van der Waals surface area contributed by atoms with E-state index < -0.39 is 0 Å². The summed E-state index contributed by atoms with van der Waals surface area (Å²) in [6.07, 6.45) is 11.8. The first-order valence-electron chi connectivity index (χ1n) is 6.72. The summed E-state index contributed by atoms with van der Waals surface area (Å²) in [5.74, 6) is 2.99. The fourth-order valence-corrected chi connectivity index (χ4v) is 2.69. The van der Waals surface area contributed by atoms with Crippen molar-refractivity contribution in [3.05, 3.63) is 0 Å². The highest BCUT2D eigenvalue weighted by Gasteiger charge is 2.13. The highest BCUT2D eigenvalue weighted by atomic mass is 14.2. The molecular formula is C14H28. The third kappa shape index (κ3) is 4.48. The minimum atomic E-state index is 0.976. The minimum Gasteiger partial charge on any atom is -0.0651 e. The Hall–Kier alpha value is 0.